The molecule has 2 fully saturated rings. The number of anilines is 1. The van der Waals surface area contributed by atoms with Crippen LogP contribution in [0.25, 0.3) is 22.1 Å². The molecule has 1 aliphatic carbocycles. The van der Waals surface area contributed by atoms with Crippen LogP contribution in [0.3, 0.4) is 0 Å². The summed E-state index contributed by atoms with van der Waals surface area (Å²) in [5.41, 5.74) is 8.74. The van der Waals surface area contributed by atoms with Gasteiger partial charge in [0.2, 0.25) is 0 Å². The number of amides is 1. The smallest absolute Gasteiger partial charge is 0.331 e. The van der Waals surface area contributed by atoms with Crippen molar-refractivity contribution in [2.45, 2.75) is 51.7 Å². The second kappa shape index (κ2) is 9.96. The van der Waals surface area contributed by atoms with Crippen molar-refractivity contribution in [1.82, 2.24) is 29.0 Å². The predicted octanol–water partition coefficient (Wildman–Crippen LogP) is 1.58. The SMILES string of the molecule is CCn1c(N2CCC[C@@H](N)C2)c(C(=O)NCC2CC2)c2c1c(=O)n(Cc1ccc3nccnc3c1)c(=O)n2C. The van der Waals surface area contributed by atoms with Crippen LogP contribution in [0.5, 0.6) is 0 Å². The quantitative estimate of drug-likeness (QED) is 0.371. The standard InChI is InChI=1S/C28H34N8O3/c1-3-35-24-23(22(25(37)32-14-17-6-7-17)26(35)34-12-4-5-19(29)16-34)33(2)28(39)36(27(24)38)15-18-8-9-20-21(13-18)31-11-10-30-20/h8-11,13,17,19H,3-7,12,14-16,29H2,1-2H3,(H,32,37)/t19-/m1/s1. The van der Waals surface area contributed by atoms with Crippen molar-refractivity contribution >= 4 is 33.8 Å². The summed E-state index contributed by atoms with van der Waals surface area (Å²) >= 11 is 0. The summed E-state index contributed by atoms with van der Waals surface area (Å²) in [6.07, 6.45) is 7.25. The molecule has 1 saturated heterocycles. The monoisotopic (exact) mass is 530 g/mol. The first-order valence-electron chi connectivity index (χ1n) is 13.7. The van der Waals surface area contributed by atoms with Crippen LogP contribution < -0.4 is 27.2 Å². The molecule has 204 valence electrons. The Labute approximate surface area is 225 Å². The number of aromatic nitrogens is 5. The Morgan fingerprint density at radius 2 is 1.85 bits per heavy atom. The minimum absolute atomic E-state index is 0.0269. The van der Waals surface area contributed by atoms with Crippen molar-refractivity contribution in [2.75, 3.05) is 24.5 Å². The summed E-state index contributed by atoms with van der Waals surface area (Å²) < 4.78 is 4.58. The summed E-state index contributed by atoms with van der Waals surface area (Å²) in [5, 5.41) is 3.07. The molecule has 0 spiro atoms. The van der Waals surface area contributed by atoms with Crippen LogP contribution in [0, 0.1) is 5.92 Å². The van der Waals surface area contributed by atoms with E-state index in [4.69, 9.17) is 5.73 Å². The van der Waals surface area contributed by atoms with Crippen LogP contribution in [-0.4, -0.2) is 55.3 Å². The van der Waals surface area contributed by atoms with Gasteiger partial charge < -0.3 is 20.5 Å². The van der Waals surface area contributed by atoms with Crippen molar-refractivity contribution in [1.29, 1.82) is 0 Å². The maximum absolute atomic E-state index is 14.1. The van der Waals surface area contributed by atoms with Crippen molar-refractivity contribution in [3.8, 4) is 0 Å². The molecule has 1 aliphatic heterocycles. The summed E-state index contributed by atoms with van der Waals surface area (Å²) in [6.45, 7) is 4.40. The summed E-state index contributed by atoms with van der Waals surface area (Å²) in [5.74, 6) is 0.906. The summed E-state index contributed by atoms with van der Waals surface area (Å²) in [7, 11) is 1.63. The van der Waals surface area contributed by atoms with Gasteiger partial charge in [-0.05, 0) is 56.2 Å². The number of carbonyl (C=O) groups excluding carboxylic acids is 1. The van der Waals surface area contributed by atoms with Crippen LogP contribution in [0.4, 0.5) is 5.82 Å². The van der Waals surface area contributed by atoms with E-state index in [1.54, 1.807) is 19.4 Å². The average Bonchev–Trinajstić information content (AvgIpc) is 3.71. The van der Waals surface area contributed by atoms with Gasteiger partial charge in [-0.3, -0.25) is 28.7 Å². The first-order valence-corrected chi connectivity index (χ1v) is 13.7. The van der Waals surface area contributed by atoms with E-state index in [1.165, 1.54) is 9.13 Å². The topological polar surface area (TPSA) is 133 Å². The minimum Gasteiger partial charge on any atom is -0.356 e. The molecule has 3 aromatic heterocycles. The molecule has 6 rings (SSSR count). The minimum atomic E-state index is -0.474. The Balaban J connectivity index is 1.54. The third-order valence-corrected chi connectivity index (χ3v) is 7.93. The first-order chi connectivity index (χ1) is 18.9. The highest BCUT2D eigenvalue weighted by atomic mass is 16.2. The maximum Gasteiger partial charge on any atom is 0.331 e. The number of piperidine rings is 1. The number of nitrogens with one attached hydrogen (secondary N) is 1. The van der Waals surface area contributed by atoms with Gasteiger partial charge in [0.25, 0.3) is 11.5 Å². The number of nitrogens with zero attached hydrogens (tertiary/aromatic N) is 6. The number of aryl methyl sites for hydroxylation is 2. The van der Waals surface area contributed by atoms with Crippen LogP contribution in [0.1, 0.15) is 48.5 Å². The third-order valence-electron chi connectivity index (χ3n) is 7.93. The zero-order chi connectivity index (χ0) is 27.3. The van der Waals surface area contributed by atoms with E-state index < -0.39 is 11.2 Å². The Morgan fingerprint density at radius 1 is 1.08 bits per heavy atom. The number of hydrogen-bond donors (Lipinski definition) is 2. The van der Waals surface area contributed by atoms with E-state index in [-0.39, 0.29) is 18.5 Å². The zero-order valence-corrected chi connectivity index (χ0v) is 22.4. The van der Waals surface area contributed by atoms with E-state index in [2.05, 4.69) is 20.2 Å². The molecule has 2 aliphatic rings. The Kier molecular flexibility index (Phi) is 6.46. The molecule has 11 heteroatoms. The molecule has 0 bridgehead atoms. The number of carbonyl (C=O) groups is 1. The number of hydrogen-bond acceptors (Lipinski definition) is 7. The fraction of sp³-hybridized carbons (Fsp3) is 0.464. The fourth-order valence-electron chi connectivity index (χ4n) is 5.75. The van der Waals surface area contributed by atoms with Crippen LogP contribution in [0.2, 0.25) is 0 Å². The molecule has 1 saturated carbocycles. The lowest BCUT2D eigenvalue weighted by Crippen LogP contribution is -2.44. The van der Waals surface area contributed by atoms with Crippen molar-refractivity contribution in [2.24, 2.45) is 18.7 Å². The lowest BCUT2D eigenvalue weighted by molar-refractivity contribution is 0.0953. The molecule has 4 heterocycles. The normalized spacial score (nSPS) is 17.7. The predicted molar refractivity (Wildman–Crippen MR) is 150 cm³/mol. The Morgan fingerprint density at radius 3 is 2.56 bits per heavy atom. The van der Waals surface area contributed by atoms with Crippen molar-refractivity contribution in [3.05, 3.63) is 62.6 Å². The zero-order valence-electron chi connectivity index (χ0n) is 22.4. The Hall–Kier alpha value is -3.99. The molecule has 11 nitrogen and oxygen atoms in total. The van der Waals surface area contributed by atoms with Crippen molar-refractivity contribution in [3.63, 3.8) is 0 Å². The molecule has 1 aromatic carbocycles. The number of nitrogens with two attached hydrogens (primary N) is 1. The van der Waals surface area contributed by atoms with Crippen molar-refractivity contribution < 1.29 is 4.79 Å². The van der Waals surface area contributed by atoms with Crippen LogP contribution >= 0.6 is 0 Å². The lowest BCUT2D eigenvalue weighted by atomic mass is 10.1. The highest BCUT2D eigenvalue weighted by molar-refractivity contribution is 6.11. The van der Waals surface area contributed by atoms with Gasteiger partial charge in [0.1, 0.15) is 16.9 Å². The van der Waals surface area contributed by atoms with Gasteiger partial charge in [0.15, 0.2) is 0 Å². The number of fused-ring (bicyclic) bond motifs is 2. The fourth-order valence-corrected chi connectivity index (χ4v) is 5.75. The second-order valence-corrected chi connectivity index (χ2v) is 10.8. The highest BCUT2D eigenvalue weighted by Gasteiger charge is 2.33. The maximum atomic E-state index is 14.1. The third kappa shape index (κ3) is 4.50. The van der Waals surface area contributed by atoms with Crippen LogP contribution in [0.15, 0.2) is 40.2 Å². The van der Waals surface area contributed by atoms with Crippen LogP contribution in [-0.2, 0) is 20.1 Å². The number of benzene rings is 1. The van der Waals surface area contributed by atoms with Gasteiger partial charge in [-0.15, -0.1) is 0 Å². The highest BCUT2D eigenvalue weighted by Crippen LogP contribution is 2.33. The van der Waals surface area contributed by atoms with Gasteiger partial charge in [0, 0.05) is 51.7 Å². The summed E-state index contributed by atoms with van der Waals surface area (Å²) in [4.78, 5) is 52.3. The molecule has 1 atom stereocenters. The molecule has 0 radical (unpaired) electrons. The average molecular weight is 531 g/mol. The van der Waals surface area contributed by atoms with Gasteiger partial charge >= 0.3 is 5.69 Å². The van der Waals surface area contributed by atoms with E-state index in [0.717, 1.165) is 43.3 Å². The second-order valence-electron chi connectivity index (χ2n) is 10.8. The molecule has 4 aromatic rings. The lowest BCUT2D eigenvalue weighted by Gasteiger charge is -2.33. The van der Waals surface area contributed by atoms with E-state index in [9.17, 15) is 14.4 Å². The summed E-state index contributed by atoms with van der Waals surface area (Å²) in [6, 6.07) is 5.50. The van der Waals surface area contributed by atoms with E-state index in [0.29, 0.717) is 53.5 Å². The van der Waals surface area contributed by atoms with Gasteiger partial charge in [0.05, 0.1) is 23.1 Å². The molecular weight excluding hydrogens is 496 g/mol. The van der Waals surface area contributed by atoms with E-state index >= 15 is 0 Å². The van der Waals surface area contributed by atoms with Gasteiger partial charge in [-0.1, -0.05) is 6.07 Å². The van der Waals surface area contributed by atoms with Gasteiger partial charge in [-0.2, -0.15) is 0 Å². The largest absolute Gasteiger partial charge is 0.356 e. The molecule has 1 amide bonds. The van der Waals surface area contributed by atoms with Gasteiger partial charge in [-0.25, -0.2) is 4.79 Å². The molecule has 3 N–H and O–H groups in total. The molecular formula is C28H34N8O3. The van der Waals surface area contributed by atoms with E-state index in [1.807, 2.05) is 29.7 Å². The Bertz CT molecular complexity index is 1700. The molecule has 39 heavy (non-hydrogen) atoms. The first kappa shape index (κ1) is 25.3. The molecule has 0 unspecified atom stereocenters. The number of rotatable bonds is 7.